The van der Waals surface area contributed by atoms with E-state index >= 15 is 0 Å². The lowest BCUT2D eigenvalue weighted by Crippen LogP contribution is -2.59. The van der Waals surface area contributed by atoms with Crippen LogP contribution in [0.15, 0.2) is 30.5 Å². The first-order chi connectivity index (χ1) is 17.5. The van der Waals surface area contributed by atoms with Gasteiger partial charge in [0.15, 0.2) is 0 Å². The molecule has 7 rings (SSSR count). The monoisotopic (exact) mass is 493 g/mol. The standard InChI is InChI=1S/C28H39N5O3/c1-19-18-29-27(32-26(19)31-25-21-13-20-14-22(25)17-28(34,15-20)16-21)30-23-3-5-24(6-4-23)36-10-2-7-33-8-11-35-12-9-33/h3-6,18,20-22,25,34H,2,7-17H2,1H3,(H2,29,30,31,32). The summed E-state index contributed by atoms with van der Waals surface area (Å²) >= 11 is 0. The average molecular weight is 494 g/mol. The zero-order valence-electron chi connectivity index (χ0n) is 21.3. The molecule has 36 heavy (non-hydrogen) atoms. The number of rotatable bonds is 9. The number of aliphatic hydroxyl groups is 1. The fourth-order valence-electron chi connectivity index (χ4n) is 7.09. The molecule has 1 saturated heterocycles. The van der Waals surface area contributed by atoms with Crippen LogP contribution in [0.4, 0.5) is 17.5 Å². The van der Waals surface area contributed by atoms with Gasteiger partial charge < -0.3 is 25.2 Å². The number of nitrogens with zero attached hydrogens (tertiary/aromatic N) is 3. The van der Waals surface area contributed by atoms with E-state index in [-0.39, 0.29) is 0 Å². The molecule has 2 heterocycles. The minimum absolute atomic E-state index is 0.392. The van der Waals surface area contributed by atoms with Crippen molar-refractivity contribution >= 4 is 17.5 Å². The van der Waals surface area contributed by atoms with E-state index in [1.807, 2.05) is 30.5 Å². The number of hydrogen-bond acceptors (Lipinski definition) is 8. The smallest absolute Gasteiger partial charge is 0.229 e. The third-order valence-corrected chi connectivity index (χ3v) is 8.62. The van der Waals surface area contributed by atoms with Crippen LogP contribution in [0, 0.1) is 24.7 Å². The van der Waals surface area contributed by atoms with E-state index in [1.165, 1.54) is 12.8 Å². The van der Waals surface area contributed by atoms with Gasteiger partial charge in [-0.05, 0) is 87.5 Å². The number of anilines is 3. The maximum Gasteiger partial charge on any atom is 0.229 e. The highest BCUT2D eigenvalue weighted by molar-refractivity contribution is 5.57. The van der Waals surface area contributed by atoms with E-state index in [2.05, 4.69) is 27.4 Å². The molecule has 0 spiro atoms. The van der Waals surface area contributed by atoms with Gasteiger partial charge in [0.2, 0.25) is 5.95 Å². The zero-order chi connectivity index (χ0) is 24.5. The topological polar surface area (TPSA) is 91.8 Å². The molecule has 194 valence electrons. The molecule has 4 aliphatic carbocycles. The van der Waals surface area contributed by atoms with Crippen molar-refractivity contribution < 1.29 is 14.6 Å². The lowest BCUT2D eigenvalue weighted by atomic mass is 9.52. The van der Waals surface area contributed by atoms with Crippen LogP contribution < -0.4 is 15.4 Å². The Morgan fingerprint density at radius 2 is 1.86 bits per heavy atom. The second-order valence-corrected chi connectivity index (χ2v) is 11.4. The third-order valence-electron chi connectivity index (χ3n) is 8.62. The van der Waals surface area contributed by atoms with Crippen LogP contribution in [-0.4, -0.2) is 71.1 Å². The van der Waals surface area contributed by atoms with Crippen molar-refractivity contribution in [3.8, 4) is 5.75 Å². The molecule has 1 aliphatic heterocycles. The summed E-state index contributed by atoms with van der Waals surface area (Å²) in [5.41, 5.74) is 1.57. The Hall–Kier alpha value is -2.42. The maximum absolute atomic E-state index is 10.9. The highest BCUT2D eigenvalue weighted by Gasteiger charge is 2.54. The molecule has 8 nitrogen and oxygen atoms in total. The first kappa shape index (κ1) is 23.9. The molecule has 5 fully saturated rings. The van der Waals surface area contributed by atoms with Crippen LogP contribution >= 0.6 is 0 Å². The molecule has 2 unspecified atom stereocenters. The lowest BCUT2D eigenvalue weighted by molar-refractivity contribution is -0.129. The summed E-state index contributed by atoms with van der Waals surface area (Å²) in [6.07, 6.45) is 8.21. The number of nitrogens with one attached hydrogen (secondary N) is 2. The molecule has 1 aromatic carbocycles. The maximum atomic E-state index is 10.9. The highest BCUT2D eigenvalue weighted by Crippen LogP contribution is 2.56. The van der Waals surface area contributed by atoms with E-state index in [1.54, 1.807) is 0 Å². The van der Waals surface area contributed by atoms with Crippen LogP contribution in [-0.2, 0) is 4.74 Å². The molecule has 4 bridgehead atoms. The summed E-state index contributed by atoms with van der Waals surface area (Å²) in [4.78, 5) is 11.8. The van der Waals surface area contributed by atoms with Crippen LogP contribution in [0.25, 0.3) is 0 Å². The van der Waals surface area contributed by atoms with Crippen molar-refractivity contribution in [2.45, 2.75) is 57.1 Å². The van der Waals surface area contributed by atoms with Gasteiger partial charge in [-0.1, -0.05) is 0 Å². The van der Waals surface area contributed by atoms with Gasteiger partial charge >= 0.3 is 0 Å². The van der Waals surface area contributed by atoms with Gasteiger partial charge in [0.1, 0.15) is 11.6 Å². The molecular formula is C28H39N5O3. The molecule has 5 aliphatic rings. The largest absolute Gasteiger partial charge is 0.494 e. The van der Waals surface area contributed by atoms with Crippen molar-refractivity contribution in [2.75, 3.05) is 50.1 Å². The number of aryl methyl sites for hydroxylation is 1. The van der Waals surface area contributed by atoms with Gasteiger partial charge in [-0.2, -0.15) is 4.98 Å². The van der Waals surface area contributed by atoms with Crippen molar-refractivity contribution in [2.24, 2.45) is 17.8 Å². The summed E-state index contributed by atoms with van der Waals surface area (Å²) in [5, 5.41) is 18.0. The molecule has 1 aromatic heterocycles. The molecule has 4 saturated carbocycles. The Kier molecular flexibility index (Phi) is 6.75. The molecule has 2 atom stereocenters. The van der Waals surface area contributed by atoms with E-state index in [0.717, 1.165) is 81.3 Å². The van der Waals surface area contributed by atoms with Gasteiger partial charge in [0, 0.05) is 43.1 Å². The minimum Gasteiger partial charge on any atom is -0.494 e. The van der Waals surface area contributed by atoms with Gasteiger partial charge in [-0.25, -0.2) is 4.98 Å². The fourth-order valence-corrected chi connectivity index (χ4v) is 7.09. The quantitative estimate of drug-likeness (QED) is 0.452. The van der Waals surface area contributed by atoms with E-state index < -0.39 is 5.60 Å². The Balaban J connectivity index is 1.02. The zero-order valence-corrected chi connectivity index (χ0v) is 21.3. The van der Waals surface area contributed by atoms with Crippen LogP contribution in [0.5, 0.6) is 5.75 Å². The Morgan fingerprint density at radius 3 is 2.58 bits per heavy atom. The highest BCUT2D eigenvalue weighted by atomic mass is 16.5. The van der Waals surface area contributed by atoms with Crippen molar-refractivity contribution in [1.82, 2.24) is 14.9 Å². The molecular weight excluding hydrogens is 454 g/mol. The Labute approximate surface area is 213 Å². The predicted octanol–water partition coefficient (Wildman–Crippen LogP) is 3.98. The fraction of sp³-hybridized carbons (Fsp3) is 0.643. The number of morpholine rings is 1. The van der Waals surface area contributed by atoms with Crippen LogP contribution in [0.1, 0.15) is 44.1 Å². The number of ether oxygens (including phenoxy) is 2. The SMILES string of the molecule is Cc1cnc(Nc2ccc(OCCCN3CCOCC3)cc2)nc1NC1C2CC3CC1CC(O)(C3)C2. The summed E-state index contributed by atoms with van der Waals surface area (Å²) in [6, 6.07) is 8.38. The van der Waals surface area contributed by atoms with E-state index in [4.69, 9.17) is 14.5 Å². The van der Waals surface area contributed by atoms with E-state index in [0.29, 0.717) is 36.4 Å². The van der Waals surface area contributed by atoms with Gasteiger partial charge in [-0.15, -0.1) is 0 Å². The first-order valence-electron chi connectivity index (χ1n) is 13.7. The summed E-state index contributed by atoms with van der Waals surface area (Å²) in [6.45, 7) is 7.53. The van der Waals surface area contributed by atoms with Gasteiger partial charge in [0.05, 0.1) is 25.4 Å². The van der Waals surface area contributed by atoms with Crippen molar-refractivity contribution in [3.63, 3.8) is 0 Å². The van der Waals surface area contributed by atoms with Crippen LogP contribution in [0.2, 0.25) is 0 Å². The molecule has 0 radical (unpaired) electrons. The summed E-state index contributed by atoms with van der Waals surface area (Å²) in [5.74, 6) is 4.13. The van der Waals surface area contributed by atoms with Gasteiger partial charge in [0.25, 0.3) is 0 Å². The Morgan fingerprint density at radius 1 is 1.11 bits per heavy atom. The Bertz CT molecular complexity index is 1030. The predicted molar refractivity (Wildman–Crippen MR) is 140 cm³/mol. The summed E-state index contributed by atoms with van der Waals surface area (Å²) < 4.78 is 11.3. The van der Waals surface area contributed by atoms with Crippen molar-refractivity contribution in [3.05, 3.63) is 36.0 Å². The number of benzene rings is 1. The normalized spacial score (nSPS) is 31.4. The first-order valence-corrected chi connectivity index (χ1v) is 13.7. The van der Waals surface area contributed by atoms with Gasteiger partial charge in [-0.3, -0.25) is 4.90 Å². The lowest BCUT2D eigenvalue weighted by Gasteiger charge is -2.58. The van der Waals surface area contributed by atoms with E-state index in [9.17, 15) is 5.11 Å². The molecule has 8 heteroatoms. The number of hydrogen-bond donors (Lipinski definition) is 3. The summed E-state index contributed by atoms with van der Waals surface area (Å²) in [7, 11) is 0. The molecule has 0 amide bonds. The molecule has 2 aromatic rings. The second-order valence-electron chi connectivity index (χ2n) is 11.4. The van der Waals surface area contributed by atoms with Crippen molar-refractivity contribution in [1.29, 1.82) is 0 Å². The third kappa shape index (κ3) is 5.31. The average Bonchev–Trinajstić information content (AvgIpc) is 2.86. The number of aromatic nitrogens is 2. The minimum atomic E-state index is -0.416. The second kappa shape index (κ2) is 10.1. The molecule has 3 N–H and O–H groups in total. The van der Waals surface area contributed by atoms with Crippen LogP contribution in [0.3, 0.4) is 0 Å².